The number of ether oxygens (including phenoxy) is 3. The number of nitrogens with zero attached hydrogens (tertiary/aromatic N) is 1. The number of benzene rings is 3. The van der Waals surface area contributed by atoms with Crippen LogP contribution in [-0.4, -0.2) is 70.8 Å². The number of amides is 3. The summed E-state index contributed by atoms with van der Waals surface area (Å²) in [5.41, 5.74) is 4.02. The first kappa shape index (κ1) is 33.6. The van der Waals surface area contributed by atoms with Crippen LogP contribution in [0, 0.1) is 0 Å². The summed E-state index contributed by atoms with van der Waals surface area (Å²) in [6.45, 7) is 0.856. The lowest BCUT2D eigenvalue weighted by molar-refractivity contribution is -0.144. The standard InChI is InChI=1S/C36H36BrClN4O6S/c37-22-7-14-28-27(19-22)26-15-16-42(36(45)48-25-12-8-23(38)9-13-25)34(32(26)39-28)21-5-10-24(11-6-21)46-17-18-47-31(43)4-2-1-3-30-33-29(20-49-30)40-35(44)41-33/h5-14,19,29-30,33-34,39H,1-4,15-18,20H2,(H2,40,41,44). The third kappa shape index (κ3) is 7.66. The largest absolute Gasteiger partial charge is 0.490 e. The van der Waals surface area contributed by atoms with Gasteiger partial charge in [-0.25, -0.2) is 9.59 Å². The second-order valence-corrected chi connectivity index (χ2v) is 15.0. The summed E-state index contributed by atoms with van der Waals surface area (Å²) in [7, 11) is 0. The first-order chi connectivity index (χ1) is 23.8. The third-order valence-electron chi connectivity index (χ3n) is 9.21. The molecular formula is C36H36BrClN4O6S. The molecule has 13 heteroatoms. The Balaban J connectivity index is 0.938. The third-order valence-corrected chi connectivity index (χ3v) is 11.5. The fraction of sp³-hybridized carbons (Fsp3) is 0.361. The number of hydrogen-bond acceptors (Lipinski definition) is 7. The van der Waals surface area contributed by atoms with Gasteiger partial charge in [0.2, 0.25) is 0 Å². The molecule has 4 unspecified atom stereocenters. The molecule has 256 valence electrons. The van der Waals surface area contributed by atoms with Gasteiger partial charge in [-0.05, 0) is 85.0 Å². The molecule has 0 bridgehead atoms. The molecule has 3 aliphatic rings. The van der Waals surface area contributed by atoms with Crippen molar-refractivity contribution in [3.05, 3.63) is 93.0 Å². The topological polar surface area (TPSA) is 122 Å². The van der Waals surface area contributed by atoms with Gasteiger partial charge in [0, 0.05) is 50.1 Å². The van der Waals surface area contributed by atoms with Crippen LogP contribution in [-0.2, 0) is 16.0 Å². The number of aromatic nitrogens is 1. The SMILES string of the molecule is O=C1NC2CSC(CCCCC(=O)OCCOc3ccc(C4c5[nH]c6ccc(Br)cc6c5CCN4C(=O)Oc4ccc(Cl)cc4)cc3)C2N1. The van der Waals surface area contributed by atoms with Crippen LogP contribution in [0.1, 0.15) is 48.5 Å². The maximum atomic E-state index is 13.6. The second kappa shape index (κ2) is 14.9. The van der Waals surface area contributed by atoms with Gasteiger partial charge >= 0.3 is 18.1 Å². The molecule has 1 aromatic heterocycles. The highest BCUT2D eigenvalue weighted by molar-refractivity contribution is 9.10. The summed E-state index contributed by atoms with van der Waals surface area (Å²) in [6, 6.07) is 20.4. The van der Waals surface area contributed by atoms with Crippen molar-refractivity contribution in [2.45, 2.75) is 55.5 Å². The van der Waals surface area contributed by atoms with Crippen LogP contribution < -0.4 is 20.1 Å². The zero-order valence-corrected chi connectivity index (χ0v) is 29.7. The molecule has 49 heavy (non-hydrogen) atoms. The number of hydrogen-bond donors (Lipinski definition) is 3. The molecule has 0 aliphatic carbocycles. The molecule has 3 aliphatic heterocycles. The van der Waals surface area contributed by atoms with Crippen LogP contribution in [0.25, 0.3) is 10.9 Å². The molecule has 0 saturated carbocycles. The van der Waals surface area contributed by atoms with Crippen molar-refractivity contribution in [1.82, 2.24) is 20.5 Å². The number of rotatable bonds is 11. The van der Waals surface area contributed by atoms with E-state index < -0.39 is 12.1 Å². The Labute approximate surface area is 301 Å². The number of unbranched alkanes of at least 4 members (excludes halogenated alkanes) is 1. The molecule has 0 radical (unpaired) electrons. The first-order valence-corrected chi connectivity index (χ1v) is 18.7. The van der Waals surface area contributed by atoms with E-state index in [9.17, 15) is 14.4 Å². The highest BCUT2D eigenvalue weighted by Gasteiger charge is 2.42. The predicted molar refractivity (Wildman–Crippen MR) is 193 cm³/mol. The van der Waals surface area contributed by atoms with Crippen molar-refractivity contribution in [1.29, 1.82) is 0 Å². The Bertz CT molecular complexity index is 1840. The smallest absolute Gasteiger partial charge is 0.416 e. The number of H-pyrrole nitrogens is 1. The minimum atomic E-state index is -0.453. The molecule has 4 heterocycles. The van der Waals surface area contributed by atoms with Crippen molar-refractivity contribution >= 4 is 68.3 Å². The van der Waals surface area contributed by atoms with Crippen LogP contribution in [0.15, 0.2) is 71.2 Å². The van der Waals surface area contributed by atoms with Crippen molar-refractivity contribution in [3.8, 4) is 11.5 Å². The highest BCUT2D eigenvalue weighted by Crippen LogP contribution is 2.40. The minimum absolute atomic E-state index is 0.0803. The average Bonchev–Trinajstić information content (AvgIpc) is 3.78. The molecule has 3 amide bonds. The van der Waals surface area contributed by atoms with Gasteiger partial charge in [-0.1, -0.05) is 46.1 Å². The Hall–Kier alpha value is -3.87. The van der Waals surface area contributed by atoms with Gasteiger partial charge in [0.25, 0.3) is 0 Å². The number of thioether (sulfide) groups is 1. The molecule has 2 saturated heterocycles. The van der Waals surface area contributed by atoms with Crippen molar-refractivity contribution in [2.24, 2.45) is 0 Å². The maximum Gasteiger partial charge on any atom is 0.416 e. The van der Waals surface area contributed by atoms with E-state index in [1.165, 1.54) is 5.56 Å². The van der Waals surface area contributed by atoms with Crippen LogP contribution in [0.3, 0.4) is 0 Å². The molecule has 4 aromatic rings. The Kier molecular flexibility index (Phi) is 10.2. The monoisotopic (exact) mass is 766 g/mol. The number of carbonyl (C=O) groups is 3. The Morgan fingerprint density at radius 3 is 2.59 bits per heavy atom. The number of esters is 1. The lowest BCUT2D eigenvalue weighted by Gasteiger charge is -2.35. The zero-order chi connectivity index (χ0) is 33.9. The summed E-state index contributed by atoms with van der Waals surface area (Å²) in [6.07, 6.45) is 3.19. The molecule has 4 atom stereocenters. The highest BCUT2D eigenvalue weighted by atomic mass is 79.9. The predicted octanol–water partition coefficient (Wildman–Crippen LogP) is 7.38. The van der Waals surface area contributed by atoms with Gasteiger partial charge in [0.05, 0.1) is 12.1 Å². The van der Waals surface area contributed by atoms with E-state index >= 15 is 0 Å². The van der Waals surface area contributed by atoms with E-state index in [0.29, 0.717) is 41.2 Å². The number of halogens is 2. The van der Waals surface area contributed by atoms with Crippen LogP contribution in [0.4, 0.5) is 9.59 Å². The minimum Gasteiger partial charge on any atom is -0.490 e. The first-order valence-electron chi connectivity index (χ1n) is 16.4. The van der Waals surface area contributed by atoms with E-state index in [4.69, 9.17) is 25.8 Å². The molecule has 3 aromatic carbocycles. The van der Waals surface area contributed by atoms with Gasteiger partial charge < -0.3 is 29.8 Å². The van der Waals surface area contributed by atoms with Crippen LogP contribution >= 0.6 is 39.3 Å². The molecule has 2 fully saturated rings. The number of fused-ring (bicyclic) bond motifs is 4. The van der Waals surface area contributed by atoms with Gasteiger partial charge in [-0.2, -0.15) is 11.8 Å². The summed E-state index contributed by atoms with van der Waals surface area (Å²) in [5, 5.41) is 8.03. The van der Waals surface area contributed by atoms with E-state index in [1.54, 1.807) is 29.2 Å². The summed E-state index contributed by atoms with van der Waals surface area (Å²) >= 11 is 11.5. The fourth-order valence-corrected chi connectivity index (χ4v) is 8.89. The van der Waals surface area contributed by atoms with Gasteiger partial charge in [-0.15, -0.1) is 0 Å². The average molecular weight is 768 g/mol. The van der Waals surface area contributed by atoms with Gasteiger partial charge in [0.1, 0.15) is 30.8 Å². The number of nitrogens with one attached hydrogen (secondary N) is 3. The lowest BCUT2D eigenvalue weighted by Crippen LogP contribution is -2.42. The van der Waals surface area contributed by atoms with E-state index in [0.717, 1.165) is 51.6 Å². The Morgan fingerprint density at radius 2 is 1.78 bits per heavy atom. The molecule has 3 N–H and O–H groups in total. The quantitative estimate of drug-likeness (QED) is 0.0828. The van der Waals surface area contributed by atoms with Crippen molar-refractivity contribution in [2.75, 3.05) is 25.5 Å². The van der Waals surface area contributed by atoms with Crippen molar-refractivity contribution < 1.29 is 28.6 Å². The summed E-state index contributed by atoms with van der Waals surface area (Å²) in [5.74, 6) is 1.74. The van der Waals surface area contributed by atoms with Crippen LogP contribution in [0.5, 0.6) is 11.5 Å². The van der Waals surface area contributed by atoms with Crippen LogP contribution in [0.2, 0.25) is 5.02 Å². The van der Waals surface area contributed by atoms with Gasteiger partial charge in [-0.3, -0.25) is 9.69 Å². The van der Waals surface area contributed by atoms with E-state index in [2.05, 4.69) is 37.6 Å². The number of aromatic amines is 1. The number of urea groups is 1. The van der Waals surface area contributed by atoms with E-state index in [1.807, 2.05) is 48.2 Å². The summed E-state index contributed by atoms with van der Waals surface area (Å²) in [4.78, 5) is 42.7. The van der Waals surface area contributed by atoms with E-state index in [-0.39, 0.29) is 37.3 Å². The maximum absolute atomic E-state index is 13.6. The summed E-state index contributed by atoms with van der Waals surface area (Å²) < 4.78 is 18.1. The second-order valence-electron chi connectivity index (χ2n) is 12.4. The van der Waals surface area contributed by atoms with Gasteiger partial charge in [0.15, 0.2) is 0 Å². The van der Waals surface area contributed by atoms with Crippen molar-refractivity contribution in [3.63, 3.8) is 0 Å². The Morgan fingerprint density at radius 1 is 0.980 bits per heavy atom. The molecule has 0 spiro atoms. The lowest BCUT2D eigenvalue weighted by atomic mass is 9.92. The zero-order valence-electron chi connectivity index (χ0n) is 26.6. The molecule has 10 nitrogen and oxygen atoms in total. The fourth-order valence-electron chi connectivity index (χ4n) is 6.86. The normalized spacial score (nSPS) is 21.1. The molecular weight excluding hydrogens is 732 g/mol. The number of carbonyl (C=O) groups excluding carboxylic acids is 3. The molecule has 7 rings (SSSR count).